The molecule has 1 N–H and O–H groups in total. The third-order valence-corrected chi connectivity index (χ3v) is 4.01. The van der Waals surface area contributed by atoms with Gasteiger partial charge < -0.3 is 10.2 Å². The van der Waals surface area contributed by atoms with Gasteiger partial charge in [0.05, 0.1) is 0 Å². The highest BCUT2D eigenvalue weighted by atomic mass is 32.2. The first-order valence-corrected chi connectivity index (χ1v) is 7.68. The minimum absolute atomic E-state index is 0.990. The van der Waals surface area contributed by atoms with Crippen molar-refractivity contribution in [1.29, 1.82) is 0 Å². The van der Waals surface area contributed by atoms with Crippen molar-refractivity contribution in [1.82, 2.24) is 5.32 Å². The van der Waals surface area contributed by atoms with E-state index in [-0.39, 0.29) is 0 Å². The lowest BCUT2D eigenvalue weighted by Crippen LogP contribution is -2.32. The van der Waals surface area contributed by atoms with Crippen LogP contribution < -0.4 is 10.2 Å². The van der Waals surface area contributed by atoms with E-state index in [1.807, 2.05) is 0 Å². The molecule has 1 saturated heterocycles. The summed E-state index contributed by atoms with van der Waals surface area (Å²) in [7, 11) is 0. The number of thioether (sulfide) groups is 1. The molecule has 0 saturated carbocycles. The van der Waals surface area contributed by atoms with Crippen LogP contribution in [0.15, 0.2) is 24.3 Å². The average Bonchev–Trinajstić information content (AvgIpc) is 2.41. The summed E-state index contributed by atoms with van der Waals surface area (Å²) in [6.07, 6.45) is 1.20. The zero-order valence-corrected chi connectivity index (χ0v) is 11.4. The van der Waals surface area contributed by atoms with E-state index < -0.39 is 0 Å². The average molecular weight is 250 g/mol. The second-order valence-corrected chi connectivity index (χ2v) is 5.67. The van der Waals surface area contributed by atoms with Crippen LogP contribution in [-0.2, 0) is 6.54 Å². The van der Waals surface area contributed by atoms with E-state index in [1.54, 1.807) is 0 Å². The molecule has 1 aliphatic rings. The van der Waals surface area contributed by atoms with Crippen LogP contribution in [0.25, 0.3) is 0 Å². The minimum Gasteiger partial charge on any atom is -0.370 e. The van der Waals surface area contributed by atoms with E-state index in [4.69, 9.17) is 0 Å². The van der Waals surface area contributed by atoms with Gasteiger partial charge in [-0.3, -0.25) is 0 Å². The van der Waals surface area contributed by atoms with Gasteiger partial charge >= 0.3 is 0 Å². The summed E-state index contributed by atoms with van der Waals surface area (Å²) in [6, 6.07) is 9.03. The summed E-state index contributed by atoms with van der Waals surface area (Å²) in [5.41, 5.74) is 2.76. The number of hydrogen-bond acceptors (Lipinski definition) is 3. The van der Waals surface area contributed by atoms with Crippen LogP contribution in [0.5, 0.6) is 0 Å². The predicted octanol–water partition coefficient (Wildman–Crippen LogP) is 2.74. The number of nitrogens with one attached hydrogen (secondary N) is 1. The quantitative estimate of drug-likeness (QED) is 0.809. The molecule has 0 spiro atoms. The van der Waals surface area contributed by atoms with Crippen LogP contribution >= 0.6 is 11.8 Å². The Kier molecular flexibility index (Phi) is 5.20. The largest absolute Gasteiger partial charge is 0.370 e. The molecule has 1 heterocycles. The van der Waals surface area contributed by atoms with Crippen LogP contribution in [0.2, 0.25) is 0 Å². The molecule has 1 fully saturated rings. The van der Waals surface area contributed by atoms with Gasteiger partial charge in [0.1, 0.15) is 0 Å². The SMILES string of the molecule is CCCNCc1ccc(N2CCSCC2)cc1. The van der Waals surface area contributed by atoms with Gasteiger partial charge in [0, 0.05) is 36.8 Å². The molecule has 0 aliphatic carbocycles. The van der Waals surface area contributed by atoms with Crippen molar-refractivity contribution < 1.29 is 0 Å². The first-order valence-electron chi connectivity index (χ1n) is 6.52. The Morgan fingerprint density at radius 2 is 1.88 bits per heavy atom. The van der Waals surface area contributed by atoms with Crippen molar-refractivity contribution in [2.24, 2.45) is 0 Å². The Labute approximate surface area is 109 Å². The van der Waals surface area contributed by atoms with Gasteiger partial charge in [0.2, 0.25) is 0 Å². The molecule has 94 valence electrons. The molecule has 0 amide bonds. The number of benzene rings is 1. The zero-order chi connectivity index (χ0) is 11.9. The molecule has 17 heavy (non-hydrogen) atoms. The second kappa shape index (κ2) is 6.92. The lowest BCUT2D eigenvalue weighted by atomic mass is 10.2. The van der Waals surface area contributed by atoms with Crippen molar-refractivity contribution in [2.45, 2.75) is 19.9 Å². The van der Waals surface area contributed by atoms with Gasteiger partial charge in [0.15, 0.2) is 0 Å². The maximum Gasteiger partial charge on any atom is 0.0366 e. The number of hydrogen-bond donors (Lipinski definition) is 1. The number of anilines is 1. The van der Waals surface area contributed by atoms with Crippen LogP contribution in [0.1, 0.15) is 18.9 Å². The summed E-state index contributed by atoms with van der Waals surface area (Å²) < 4.78 is 0. The lowest BCUT2D eigenvalue weighted by molar-refractivity contribution is 0.675. The van der Waals surface area contributed by atoms with E-state index in [2.05, 4.69) is 53.2 Å². The van der Waals surface area contributed by atoms with Crippen molar-refractivity contribution in [3.05, 3.63) is 29.8 Å². The fraction of sp³-hybridized carbons (Fsp3) is 0.571. The van der Waals surface area contributed by atoms with Crippen LogP contribution in [0.4, 0.5) is 5.69 Å². The van der Waals surface area contributed by atoms with E-state index in [9.17, 15) is 0 Å². The van der Waals surface area contributed by atoms with E-state index >= 15 is 0 Å². The Morgan fingerprint density at radius 3 is 2.53 bits per heavy atom. The molecule has 3 heteroatoms. The highest BCUT2D eigenvalue weighted by molar-refractivity contribution is 7.99. The van der Waals surface area contributed by atoms with Gasteiger partial charge in [-0.2, -0.15) is 11.8 Å². The fourth-order valence-electron chi connectivity index (χ4n) is 2.06. The summed E-state index contributed by atoms with van der Waals surface area (Å²) in [5, 5.41) is 3.43. The highest BCUT2D eigenvalue weighted by Crippen LogP contribution is 2.19. The molecule has 0 radical (unpaired) electrons. The Hall–Kier alpha value is -0.670. The van der Waals surface area contributed by atoms with Crippen LogP contribution in [0.3, 0.4) is 0 Å². The lowest BCUT2D eigenvalue weighted by Gasteiger charge is -2.28. The molecule has 0 atom stereocenters. The number of rotatable bonds is 5. The molecular weight excluding hydrogens is 228 g/mol. The Balaban J connectivity index is 1.88. The summed E-state index contributed by atoms with van der Waals surface area (Å²) in [6.45, 7) is 6.68. The van der Waals surface area contributed by atoms with Crippen molar-refractivity contribution >= 4 is 17.4 Å². The minimum atomic E-state index is 0.990. The molecule has 1 aliphatic heterocycles. The Bertz CT molecular complexity index is 317. The molecule has 2 nitrogen and oxygen atoms in total. The van der Waals surface area contributed by atoms with Crippen LogP contribution in [0, 0.1) is 0 Å². The van der Waals surface area contributed by atoms with Gasteiger partial charge in [-0.15, -0.1) is 0 Å². The molecule has 0 aromatic heterocycles. The third kappa shape index (κ3) is 3.93. The van der Waals surface area contributed by atoms with Gasteiger partial charge in [-0.05, 0) is 30.7 Å². The Morgan fingerprint density at radius 1 is 1.18 bits per heavy atom. The normalized spacial score (nSPS) is 16.2. The molecule has 2 rings (SSSR count). The second-order valence-electron chi connectivity index (χ2n) is 4.44. The van der Waals surface area contributed by atoms with E-state index in [0.29, 0.717) is 0 Å². The first-order chi connectivity index (χ1) is 8.40. The molecular formula is C14H22N2S. The fourth-order valence-corrected chi connectivity index (χ4v) is 2.96. The van der Waals surface area contributed by atoms with E-state index in [0.717, 1.165) is 13.1 Å². The first kappa shape index (κ1) is 12.8. The summed E-state index contributed by atoms with van der Waals surface area (Å²) in [5.74, 6) is 2.53. The third-order valence-electron chi connectivity index (χ3n) is 3.07. The zero-order valence-electron chi connectivity index (χ0n) is 10.6. The highest BCUT2D eigenvalue weighted by Gasteiger charge is 2.10. The van der Waals surface area contributed by atoms with Gasteiger partial charge in [0.25, 0.3) is 0 Å². The molecule has 0 unspecified atom stereocenters. The molecule has 1 aromatic rings. The predicted molar refractivity (Wildman–Crippen MR) is 78.0 cm³/mol. The standard InChI is InChI=1S/C14H22N2S/c1-2-7-15-12-13-3-5-14(6-4-13)16-8-10-17-11-9-16/h3-6,15H,2,7-12H2,1H3. The summed E-state index contributed by atoms with van der Waals surface area (Å²) in [4.78, 5) is 2.49. The maximum atomic E-state index is 3.43. The molecule has 0 bridgehead atoms. The number of nitrogens with zero attached hydrogens (tertiary/aromatic N) is 1. The molecule has 1 aromatic carbocycles. The topological polar surface area (TPSA) is 15.3 Å². The van der Waals surface area contributed by atoms with Crippen molar-refractivity contribution in [3.63, 3.8) is 0 Å². The van der Waals surface area contributed by atoms with Gasteiger partial charge in [-0.1, -0.05) is 19.1 Å². The smallest absolute Gasteiger partial charge is 0.0366 e. The monoisotopic (exact) mass is 250 g/mol. The summed E-state index contributed by atoms with van der Waals surface area (Å²) >= 11 is 2.06. The maximum absolute atomic E-state index is 3.43. The van der Waals surface area contributed by atoms with Crippen molar-refractivity contribution in [2.75, 3.05) is 36.0 Å². The van der Waals surface area contributed by atoms with Crippen molar-refractivity contribution in [3.8, 4) is 0 Å². The van der Waals surface area contributed by atoms with E-state index in [1.165, 1.54) is 42.3 Å². The van der Waals surface area contributed by atoms with Gasteiger partial charge in [-0.25, -0.2) is 0 Å². The van der Waals surface area contributed by atoms with Crippen LogP contribution in [-0.4, -0.2) is 31.1 Å².